The molecular formula is C12H18N2O2S. The van der Waals surface area contributed by atoms with Crippen LogP contribution >= 0.6 is 11.3 Å². The Bertz CT molecular complexity index is 428. The quantitative estimate of drug-likeness (QED) is 0.847. The van der Waals surface area contributed by atoms with E-state index in [1.807, 2.05) is 5.38 Å². The van der Waals surface area contributed by atoms with E-state index in [1.165, 1.54) is 17.8 Å². The molecule has 0 amide bonds. The molecule has 0 radical (unpaired) electrons. The highest BCUT2D eigenvalue weighted by Crippen LogP contribution is 2.38. The monoisotopic (exact) mass is 254 g/mol. The van der Waals surface area contributed by atoms with Crippen molar-refractivity contribution in [1.82, 2.24) is 4.98 Å². The van der Waals surface area contributed by atoms with Gasteiger partial charge < -0.3 is 10.4 Å². The largest absolute Gasteiger partial charge is 0.481 e. The van der Waals surface area contributed by atoms with E-state index in [0.29, 0.717) is 5.69 Å². The standard InChI is InChI=1S/C12H18N2O2S/c1-7-4-8(7)5-13-11-14-9(6-17-11)12(2,3)10(15)16/h6-8H,4-5H2,1-3H3,(H,13,14)(H,15,16). The van der Waals surface area contributed by atoms with Crippen molar-refractivity contribution < 1.29 is 9.90 Å². The summed E-state index contributed by atoms with van der Waals surface area (Å²) >= 11 is 1.48. The third-order valence-electron chi connectivity index (χ3n) is 3.47. The van der Waals surface area contributed by atoms with E-state index in [0.717, 1.165) is 23.5 Å². The van der Waals surface area contributed by atoms with Gasteiger partial charge in [0.05, 0.1) is 5.69 Å². The molecular weight excluding hydrogens is 236 g/mol. The zero-order valence-corrected chi connectivity index (χ0v) is 11.2. The third-order valence-corrected chi connectivity index (χ3v) is 4.27. The minimum atomic E-state index is -0.913. The van der Waals surface area contributed by atoms with Crippen molar-refractivity contribution in [3.8, 4) is 0 Å². The lowest BCUT2D eigenvalue weighted by Crippen LogP contribution is -2.28. The SMILES string of the molecule is CC1CC1CNc1nc(C(C)(C)C(=O)O)cs1. The number of nitrogens with one attached hydrogen (secondary N) is 1. The first-order valence-corrected chi connectivity index (χ1v) is 6.72. The van der Waals surface area contributed by atoms with Crippen molar-refractivity contribution in [2.45, 2.75) is 32.6 Å². The molecule has 2 unspecified atom stereocenters. The van der Waals surface area contributed by atoms with Crippen molar-refractivity contribution in [3.63, 3.8) is 0 Å². The van der Waals surface area contributed by atoms with Gasteiger partial charge in [-0.1, -0.05) is 6.92 Å². The summed E-state index contributed by atoms with van der Waals surface area (Å²) in [4.78, 5) is 15.4. The van der Waals surface area contributed by atoms with Gasteiger partial charge in [-0.05, 0) is 32.1 Å². The van der Waals surface area contributed by atoms with E-state index in [9.17, 15) is 4.79 Å². The maximum Gasteiger partial charge on any atom is 0.315 e. The molecule has 0 aliphatic heterocycles. The normalized spacial score (nSPS) is 23.5. The maximum absolute atomic E-state index is 11.1. The van der Waals surface area contributed by atoms with Crippen molar-refractivity contribution in [2.24, 2.45) is 11.8 Å². The van der Waals surface area contributed by atoms with Gasteiger partial charge in [0.2, 0.25) is 0 Å². The molecule has 1 aliphatic rings. The second-order valence-electron chi connectivity index (χ2n) is 5.32. The van der Waals surface area contributed by atoms with Gasteiger partial charge >= 0.3 is 5.97 Å². The van der Waals surface area contributed by atoms with Crippen LogP contribution in [0.25, 0.3) is 0 Å². The number of thiazole rings is 1. The summed E-state index contributed by atoms with van der Waals surface area (Å²) in [6, 6.07) is 0. The molecule has 2 rings (SSSR count). The average Bonchev–Trinajstić information content (AvgIpc) is 2.79. The number of anilines is 1. The van der Waals surface area contributed by atoms with E-state index >= 15 is 0 Å². The Kier molecular flexibility index (Phi) is 3.12. The van der Waals surface area contributed by atoms with Crippen LogP contribution in [-0.2, 0) is 10.2 Å². The smallest absolute Gasteiger partial charge is 0.315 e. The molecule has 0 saturated heterocycles. The number of rotatable bonds is 5. The van der Waals surface area contributed by atoms with Crippen LogP contribution in [0.5, 0.6) is 0 Å². The zero-order chi connectivity index (χ0) is 12.6. The average molecular weight is 254 g/mol. The Labute approximate surface area is 105 Å². The molecule has 2 atom stereocenters. The Morgan fingerprint density at radius 2 is 2.35 bits per heavy atom. The van der Waals surface area contributed by atoms with Crippen molar-refractivity contribution >= 4 is 22.4 Å². The van der Waals surface area contributed by atoms with E-state index in [-0.39, 0.29) is 0 Å². The van der Waals surface area contributed by atoms with Crippen LogP contribution in [0.2, 0.25) is 0 Å². The molecule has 0 bridgehead atoms. The first kappa shape index (κ1) is 12.4. The number of aliphatic carboxylic acids is 1. The zero-order valence-electron chi connectivity index (χ0n) is 10.4. The summed E-state index contributed by atoms with van der Waals surface area (Å²) in [5.41, 5.74) is -0.287. The van der Waals surface area contributed by atoms with Gasteiger partial charge in [0, 0.05) is 11.9 Å². The van der Waals surface area contributed by atoms with Gasteiger partial charge in [0.25, 0.3) is 0 Å². The number of carboxylic acid groups (broad SMARTS) is 1. The summed E-state index contributed by atoms with van der Waals surface area (Å²) in [6.45, 7) is 6.54. The topological polar surface area (TPSA) is 62.2 Å². The number of carboxylic acids is 1. The Balaban J connectivity index is 1.98. The third kappa shape index (κ3) is 2.60. The molecule has 1 aromatic rings. The number of hydrogen-bond donors (Lipinski definition) is 2. The fraction of sp³-hybridized carbons (Fsp3) is 0.667. The molecule has 5 heteroatoms. The van der Waals surface area contributed by atoms with E-state index in [2.05, 4.69) is 17.2 Å². The molecule has 0 spiro atoms. The molecule has 17 heavy (non-hydrogen) atoms. The number of nitrogens with zero attached hydrogens (tertiary/aromatic N) is 1. The van der Waals surface area contributed by atoms with Crippen molar-refractivity contribution in [3.05, 3.63) is 11.1 Å². The second kappa shape index (κ2) is 4.29. The fourth-order valence-corrected chi connectivity index (χ4v) is 2.54. The lowest BCUT2D eigenvalue weighted by atomic mass is 9.90. The van der Waals surface area contributed by atoms with Crippen molar-refractivity contribution in [1.29, 1.82) is 0 Å². The summed E-state index contributed by atoms with van der Waals surface area (Å²) in [5, 5.41) is 15.0. The second-order valence-corrected chi connectivity index (χ2v) is 6.18. The highest BCUT2D eigenvalue weighted by Gasteiger charge is 2.33. The molecule has 1 heterocycles. The predicted octanol–water partition coefficient (Wildman–Crippen LogP) is 2.57. The number of hydrogen-bond acceptors (Lipinski definition) is 4. The molecule has 1 saturated carbocycles. The van der Waals surface area contributed by atoms with Gasteiger partial charge in [-0.3, -0.25) is 4.79 Å². The molecule has 94 valence electrons. The Morgan fingerprint density at radius 1 is 1.71 bits per heavy atom. The van der Waals surface area contributed by atoms with Gasteiger partial charge in [-0.2, -0.15) is 0 Å². The highest BCUT2D eigenvalue weighted by atomic mass is 32.1. The van der Waals surface area contributed by atoms with Crippen LogP contribution in [0.4, 0.5) is 5.13 Å². The fourth-order valence-electron chi connectivity index (χ4n) is 1.65. The summed E-state index contributed by atoms with van der Waals surface area (Å²) in [6.07, 6.45) is 1.28. The Hall–Kier alpha value is -1.10. The van der Waals surface area contributed by atoms with Gasteiger partial charge in [-0.25, -0.2) is 4.98 Å². The lowest BCUT2D eigenvalue weighted by molar-refractivity contribution is -0.142. The molecule has 1 aromatic heterocycles. The van der Waals surface area contributed by atoms with Crippen LogP contribution in [0.15, 0.2) is 5.38 Å². The molecule has 0 aromatic carbocycles. The first-order chi connectivity index (χ1) is 7.91. The molecule has 4 nitrogen and oxygen atoms in total. The van der Waals surface area contributed by atoms with Crippen LogP contribution in [0, 0.1) is 11.8 Å². The van der Waals surface area contributed by atoms with E-state index < -0.39 is 11.4 Å². The molecule has 1 fully saturated rings. The summed E-state index contributed by atoms with van der Waals surface area (Å²) in [7, 11) is 0. The number of carbonyl (C=O) groups is 1. The summed E-state index contributed by atoms with van der Waals surface area (Å²) in [5.74, 6) is 0.734. The van der Waals surface area contributed by atoms with Gasteiger partial charge in [0.15, 0.2) is 5.13 Å². The lowest BCUT2D eigenvalue weighted by Gasteiger charge is -2.15. The van der Waals surface area contributed by atoms with E-state index in [1.54, 1.807) is 13.8 Å². The predicted molar refractivity (Wildman–Crippen MR) is 68.5 cm³/mol. The minimum Gasteiger partial charge on any atom is -0.481 e. The number of aromatic nitrogens is 1. The Morgan fingerprint density at radius 3 is 2.88 bits per heavy atom. The van der Waals surface area contributed by atoms with Gasteiger partial charge in [0.1, 0.15) is 5.41 Å². The van der Waals surface area contributed by atoms with Crippen LogP contribution < -0.4 is 5.32 Å². The van der Waals surface area contributed by atoms with Crippen LogP contribution in [0.1, 0.15) is 32.9 Å². The summed E-state index contributed by atoms with van der Waals surface area (Å²) < 4.78 is 0. The molecule has 1 aliphatic carbocycles. The molecule has 2 N–H and O–H groups in total. The van der Waals surface area contributed by atoms with Crippen molar-refractivity contribution in [2.75, 3.05) is 11.9 Å². The highest BCUT2D eigenvalue weighted by molar-refractivity contribution is 7.13. The van der Waals surface area contributed by atoms with Crippen LogP contribution in [-0.4, -0.2) is 22.6 Å². The van der Waals surface area contributed by atoms with Gasteiger partial charge in [-0.15, -0.1) is 11.3 Å². The maximum atomic E-state index is 11.1. The minimum absolute atomic E-state index is 0.626. The van der Waals surface area contributed by atoms with Crippen LogP contribution in [0.3, 0.4) is 0 Å². The first-order valence-electron chi connectivity index (χ1n) is 5.84. The van der Waals surface area contributed by atoms with E-state index in [4.69, 9.17) is 5.11 Å².